The molecular formula is C25H32Cl2N2O2. The monoisotopic (exact) mass is 462 g/mol. The van der Waals surface area contributed by atoms with Gasteiger partial charge in [0, 0.05) is 21.8 Å². The van der Waals surface area contributed by atoms with Crippen molar-refractivity contribution >= 4 is 40.9 Å². The van der Waals surface area contributed by atoms with Gasteiger partial charge in [-0.1, -0.05) is 37.0 Å². The average molecular weight is 463 g/mol. The largest absolute Gasteiger partial charge is 0.496 e. The molecule has 168 valence electrons. The number of benzene rings is 2. The van der Waals surface area contributed by atoms with Crippen LogP contribution in [0.3, 0.4) is 0 Å². The summed E-state index contributed by atoms with van der Waals surface area (Å²) in [6.45, 7) is 7.75. The van der Waals surface area contributed by atoms with Gasteiger partial charge in [-0.15, -0.1) is 0 Å². The summed E-state index contributed by atoms with van der Waals surface area (Å²) in [5, 5.41) is 3.98. The number of anilines is 1. The first-order valence-electron chi connectivity index (χ1n) is 10.8. The Balaban J connectivity index is 2.00. The highest BCUT2D eigenvalue weighted by Gasteiger charge is 2.08. The van der Waals surface area contributed by atoms with E-state index >= 15 is 0 Å². The van der Waals surface area contributed by atoms with Gasteiger partial charge in [-0.05, 0) is 98.9 Å². The van der Waals surface area contributed by atoms with Gasteiger partial charge in [-0.25, -0.2) is 0 Å². The third kappa shape index (κ3) is 8.94. The molecule has 0 heterocycles. The number of rotatable bonds is 12. The lowest BCUT2D eigenvalue weighted by Gasteiger charge is -2.21. The Labute approximate surface area is 196 Å². The number of halogens is 2. The molecule has 0 radical (unpaired) electrons. The van der Waals surface area contributed by atoms with Gasteiger partial charge in [0.2, 0.25) is 5.91 Å². The minimum absolute atomic E-state index is 0.218. The third-order valence-corrected chi connectivity index (χ3v) is 5.30. The van der Waals surface area contributed by atoms with E-state index in [-0.39, 0.29) is 5.91 Å². The van der Waals surface area contributed by atoms with Crippen LogP contribution in [-0.2, 0) is 11.2 Å². The van der Waals surface area contributed by atoms with Crippen molar-refractivity contribution in [3.63, 3.8) is 0 Å². The summed E-state index contributed by atoms with van der Waals surface area (Å²) in [5.74, 6) is 0.629. The second kappa shape index (κ2) is 13.4. The Morgan fingerprint density at radius 1 is 1.03 bits per heavy atom. The summed E-state index contributed by atoms with van der Waals surface area (Å²) in [6, 6.07) is 10.9. The lowest BCUT2D eigenvalue weighted by Crippen LogP contribution is -2.26. The van der Waals surface area contributed by atoms with Crippen LogP contribution in [0.2, 0.25) is 10.0 Å². The molecule has 0 aliphatic carbocycles. The Bertz CT molecular complexity index is 858. The molecule has 6 heteroatoms. The SMILES string of the molecule is CCCN(CCC)CCCc1cc(NC(=O)C=Cc2cc(Cl)cc(Cl)c2)ccc1OC. The van der Waals surface area contributed by atoms with Gasteiger partial charge >= 0.3 is 0 Å². The van der Waals surface area contributed by atoms with E-state index in [0.717, 1.165) is 55.0 Å². The number of carbonyl (C=O) groups is 1. The fourth-order valence-corrected chi connectivity index (χ4v) is 4.08. The minimum Gasteiger partial charge on any atom is -0.496 e. The highest BCUT2D eigenvalue weighted by atomic mass is 35.5. The first-order chi connectivity index (χ1) is 14.9. The van der Waals surface area contributed by atoms with Gasteiger partial charge in [0.25, 0.3) is 0 Å². The predicted octanol–water partition coefficient (Wildman–Crippen LogP) is 6.71. The summed E-state index contributed by atoms with van der Waals surface area (Å²) < 4.78 is 5.52. The van der Waals surface area contributed by atoms with Crippen LogP contribution in [-0.4, -0.2) is 37.6 Å². The number of ether oxygens (including phenoxy) is 1. The minimum atomic E-state index is -0.218. The number of hydrogen-bond donors (Lipinski definition) is 1. The van der Waals surface area contributed by atoms with E-state index in [1.165, 1.54) is 18.9 Å². The Morgan fingerprint density at radius 3 is 2.32 bits per heavy atom. The lowest BCUT2D eigenvalue weighted by molar-refractivity contribution is -0.111. The molecule has 0 saturated heterocycles. The van der Waals surface area contributed by atoms with Crippen LogP contribution >= 0.6 is 23.2 Å². The van der Waals surface area contributed by atoms with Crippen molar-refractivity contribution in [2.24, 2.45) is 0 Å². The zero-order valence-electron chi connectivity index (χ0n) is 18.6. The predicted molar refractivity (Wildman–Crippen MR) is 132 cm³/mol. The van der Waals surface area contributed by atoms with Gasteiger partial charge in [-0.3, -0.25) is 4.79 Å². The number of hydrogen-bond acceptors (Lipinski definition) is 3. The van der Waals surface area contributed by atoms with E-state index in [0.29, 0.717) is 10.0 Å². The Kier molecular flexibility index (Phi) is 10.9. The summed E-state index contributed by atoms with van der Waals surface area (Å²) >= 11 is 12.0. The molecule has 0 unspecified atom stereocenters. The molecule has 0 aromatic heterocycles. The quantitative estimate of drug-likeness (QED) is 0.356. The number of nitrogens with one attached hydrogen (secondary N) is 1. The van der Waals surface area contributed by atoms with Crippen LogP contribution in [0, 0.1) is 0 Å². The van der Waals surface area contributed by atoms with E-state index in [4.69, 9.17) is 27.9 Å². The van der Waals surface area contributed by atoms with Crippen LogP contribution in [0.25, 0.3) is 6.08 Å². The molecule has 0 saturated carbocycles. The van der Waals surface area contributed by atoms with Crippen LogP contribution in [0.5, 0.6) is 5.75 Å². The molecule has 1 N–H and O–H groups in total. The molecule has 2 rings (SSSR count). The van der Waals surface area contributed by atoms with Crippen molar-refractivity contribution in [2.45, 2.75) is 39.5 Å². The summed E-state index contributed by atoms with van der Waals surface area (Å²) in [6.07, 6.45) is 7.43. The molecule has 1 amide bonds. The fraction of sp³-hybridized carbons (Fsp3) is 0.400. The number of carbonyl (C=O) groups excluding carboxylic acids is 1. The molecule has 2 aromatic carbocycles. The zero-order valence-corrected chi connectivity index (χ0v) is 20.1. The molecule has 0 bridgehead atoms. The van der Waals surface area contributed by atoms with Gasteiger partial charge in [-0.2, -0.15) is 0 Å². The first kappa shape index (κ1) is 25.3. The molecule has 0 fully saturated rings. The third-order valence-electron chi connectivity index (χ3n) is 4.86. The van der Waals surface area contributed by atoms with Crippen LogP contribution in [0.1, 0.15) is 44.2 Å². The van der Waals surface area contributed by atoms with Crippen molar-refractivity contribution in [1.82, 2.24) is 4.90 Å². The molecule has 2 aromatic rings. The van der Waals surface area contributed by atoms with Crippen molar-refractivity contribution in [3.8, 4) is 5.75 Å². The zero-order chi connectivity index (χ0) is 22.6. The van der Waals surface area contributed by atoms with Crippen molar-refractivity contribution < 1.29 is 9.53 Å². The van der Waals surface area contributed by atoms with E-state index in [1.807, 2.05) is 18.2 Å². The second-order valence-electron chi connectivity index (χ2n) is 7.50. The molecule has 0 spiro atoms. The molecule has 0 aliphatic heterocycles. The first-order valence-corrected chi connectivity index (χ1v) is 11.5. The number of methoxy groups -OCH3 is 1. The summed E-state index contributed by atoms with van der Waals surface area (Å²) in [7, 11) is 1.68. The Hall–Kier alpha value is -2.01. The smallest absolute Gasteiger partial charge is 0.248 e. The maximum absolute atomic E-state index is 12.4. The van der Waals surface area contributed by atoms with Gasteiger partial charge < -0.3 is 15.0 Å². The second-order valence-corrected chi connectivity index (χ2v) is 8.37. The van der Waals surface area contributed by atoms with E-state index in [2.05, 4.69) is 24.1 Å². The van der Waals surface area contributed by atoms with Crippen molar-refractivity contribution in [1.29, 1.82) is 0 Å². The number of amides is 1. The van der Waals surface area contributed by atoms with E-state index in [9.17, 15) is 4.79 Å². The molecule has 0 aliphatic rings. The van der Waals surface area contributed by atoms with Crippen LogP contribution in [0.4, 0.5) is 5.69 Å². The Morgan fingerprint density at radius 2 is 1.71 bits per heavy atom. The van der Waals surface area contributed by atoms with Gasteiger partial charge in [0.05, 0.1) is 7.11 Å². The maximum Gasteiger partial charge on any atom is 0.248 e. The average Bonchev–Trinajstić information content (AvgIpc) is 2.72. The fourth-order valence-electron chi connectivity index (χ4n) is 3.54. The van der Waals surface area contributed by atoms with E-state index in [1.54, 1.807) is 31.4 Å². The lowest BCUT2D eigenvalue weighted by atomic mass is 10.1. The highest BCUT2D eigenvalue weighted by Crippen LogP contribution is 2.24. The number of aryl methyl sites for hydroxylation is 1. The molecule has 0 atom stereocenters. The van der Waals surface area contributed by atoms with Gasteiger partial charge in [0.15, 0.2) is 0 Å². The summed E-state index contributed by atoms with van der Waals surface area (Å²) in [4.78, 5) is 14.9. The number of nitrogens with zero attached hydrogens (tertiary/aromatic N) is 1. The molecule has 4 nitrogen and oxygen atoms in total. The van der Waals surface area contributed by atoms with Gasteiger partial charge in [0.1, 0.15) is 5.75 Å². The maximum atomic E-state index is 12.4. The molecule has 31 heavy (non-hydrogen) atoms. The normalized spacial score (nSPS) is 11.3. The van der Waals surface area contributed by atoms with Crippen LogP contribution in [0.15, 0.2) is 42.5 Å². The molecular weight excluding hydrogens is 431 g/mol. The standard InChI is InChI=1S/C25H32Cl2N2O2/c1-4-12-29(13-5-2)14-6-7-20-17-23(9-10-24(20)31-3)28-25(30)11-8-19-15-21(26)18-22(27)16-19/h8-11,15-18H,4-7,12-14H2,1-3H3,(H,28,30). The van der Waals surface area contributed by atoms with Crippen molar-refractivity contribution in [2.75, 3.05) is 32.1 Å². The summed E-state index contributed by atoms with van der Waals surface area (Å²) in [5.41, 5.74) is 2.61. The van der Waals surface area contributed by atoms with Crippen LogP contribution < -0.4 is 10.1 Å². The van der Waals surface area contributed by atoms with Crippen molar-refractivity contribution in [3.05, 3.63) is 63.6 Å². The topological polar surface area (TPSA) is 41.6 Å². The van der Waals surface area contributed by atoms with E-state index < -0.39 is 0 Å². The highest BCUT2D eigenvalue weighted by molar-refractivity contribution is 6.34.